The maximum Gasteiger partial charge on any atom is 0.0237 e. The zero-order chi connectivity index (χ0) is 11.4. The molecule has 0 aliphatic carbocycles. The van der Waals surface area contributed by atoms with Crippen molar-refractivity contribution in [3.63, 3.8) is 0 Å². The van der Waals surface area contributed by atoms with Crippen LogP contribution in [0.1, 0.15) is 25.3 Å². The van der Waals surface area contributed by atoms with Gasteiger partial charge in [0.1, 0.15) is 0 Å². The number of hydrogen-bond donors (Lipinski definition) is 1. The van der Waals surface area contributed by atoms with Crippen LogP contribution >= 0.6 is 12.4 Å². The van der Waals surface area contributed by atoms with Crippen molar-refractivity contribution in [2.45, 2.75) is 32.4 Å². The predicted molar refractivity (Wildman–Crippen MR) is 75.3 cm³/mol. The Balaban J connectivity index is 0.00000144. The van der Waals surface area contributed by atoms with Gasteiger partial charge in [-0.3, -0.25) is 4.90 Å². The van der Waals surface area contributed by atoms with Crippen molar-refractivity contribution in [3.8, 4) is 0 Å². The van der Waals surface area contributed by atoms with E-state index < -0.39 is 0 Å². The van der Waals surface area contributed by atoms with Gasteiger partial charge in [-0.05, 0) is 30.9 Å². The molecule has 0 bridgehead atoms. The second-order valence-corrected chi connectivity index (χ2v) is 4.98. The van der Waals surface area contributed by atoms with Crippen LogP contribution in [0, 0.1) is 5.92 Å². The highest BCUT2D eigenvalue weighted by Crippen LogP contribution is 2.23. The lowest BCUT2D eigenvalue weighted by atomic mass is 9.92. The average Bonchev–Trinajstić information content (AvgIpc) is 2.33. The first-order chi connectivity index (χ1) is 7.79. The van der Waals surface area contributed by atoms with Crippen molar-refractivity contribution in [1.29, 1.82) is 0 Å². The summed E-state index contributed by atoms with van der Waals surface area (Å²) in [5.74, 6) is 0.834. The van der Waals surface area contributed by atoms with Crippen molar-refractivity contribution in [2.24, 2.45) is 11.7 Å². The Labute approximate surface area is 111 Å². The normalized spacial score (nSPS) is 25.3. The molecule has 0 radical (unpaired) electrons. The topological polar surface area (TPSA) is 29.3 Å². The molecule has 2 nitrogen and oxygen atoms in total. The molecule has 0 spiro atoms. The molecule has 2 N–H and O–H groups in total. The van der Waals surface area contributed by atoms with Crippen LogP contribution in [-0.2, 0) is 6.54 Å². The van der Waals surface area contributed by atoms with Crippen LogP contribution in [0.25, 0.3) is 0 Å². The Hall–Kier alpha value is -0.570. The van der Waals surface area contributed by atoms with Crippen molar-refractivity contribution in [1.82, 2.24) is 4.90 Å². The Morgan fingerprint density at radius 3 is 2.65 bits per heavy atom. The summed E-state index contributed by atoms with van der Waals surface area (Å²) in [6, 6.07) is 11.3. The molecular formula is C14H23ClN2. The minimum atomic E-state index is 0. The molecule has 2 atom stereocenters. The molecule has 96 valence electrons. The fourth-order valence-corrected chi connectivity index (χ4v) is 2.57. The Morgan fingerprint density at radius 2 is 2.00 bits per heavy atom. The lowest BCUT2D eigenvalue weighted by Crippen LogP contribution is -2.45. The van der Waals surface area contributed by atoms with E-state index in [1.54, 1.807) is 0 Å². The van der Waals surface area contributed by atoms with Crippen molar-refractivity contribution in [3.05, 3.63) is 35.9 Å². The van der Waals surface area contributed by atoms with E-state index in [0.29, 0.717) is 6.04 Å². The Morgan fingerprint density at radius 1 is 1.29 bits per heavy atom. The van der Waals surface area contributed by atoms with E-state index in [4.69, 9.17) is 5.73 Å². The van der Waals surface area contributed by atoms with E-state index in [2.05, 4.69) is 42.2 Å². The van der Waals surface area contributed by atoms with Gasteiger partial charge in [0.25, 0.3) is 0 Å². The number of nitrogens with two attached hydrogens (primary N) is 1. The van der Waals surface area contributed by atoms with E-state index in [-0.39, 0.29) is 12.4 Å². The smallest absolute Gasteiger partial charge is 0.0237 e. The summed E-state index contributed by atoms with van der Waals surface area (Å²) in [5.41, 5.74) is 7.27. The molecule has 0 aromatic heterocycles. The highest BCUT2D eigenvalue weighted by atomic mass is 35.5. The monoisotopic (exact) mass is 254 g/mol. The molecule has 17 heavy (non-hydrogen) atoms. The molecule has 1 heterocycles. The summed E-state index contributed by atoms with van der Waals surface area (Å²) in [7, 11) is 0. The first-order valence-corrected chi connectivity index (χ1v) is 6.27. The van der Waals surface area contributed by atoms with E-state index >= 15 is 0 Å². The molecule has 0 saturated carbocycles. The van der Waals surface area contributed by atoms with Crippen LogP contribution in [0.15, 0.2) is 30.3 Å². The lowest BCUT2D eigenvalue weighted by Gasteiger charge is -2.38. The summed E-state index contributed by atoms with van der Waals surface area (Å²) < 4.78 is 0. The first kappa shape index (κ1) is 14.5. The number of rotatable bonds is 3. The van der Waals surface area contributed by atoms with Gasteiger partial charge < -0.3 is 5.73 Å². The molecule has 1 aromatic carbocycles. The predicted octanol–water partition coefficient (Wildman–Crippen LogP) is 2.67. The molecule has 1 aliphatic rings. The number of halogens is 1. The first-order valence-electron chi connectivity index (χ1n) is 6.27. The van der Waals surface area contributed by atoms with Gasteiger partial charge in [0.15, 0.2) is 0 Å². The number of hydrogen-bond acceptors (Lipinski definition) is 2. The van der Waals surface area contributed by atoms with Gasteiger partial charge in [-0.15, -0.1) is 12.4 Å². The third kappa shape index (κ3) is 3.98. The molecule has 2 unspecified atom stereocenters. The zero-order valence-electron chi connectivity index (χ0n) is 10.5. The van der Waals surface area contributed by atoms with Gasteiger partial charge in [0.05, 0.1) is 0 Å². The molecule has 3 heteroatoms. The summed E-state index contributed by atoms with van der Waals surface area (Å²) in [4.78, 5) is 2.54. The minimum absolute atomic E-state index is 0. The SMILES string of the molecule is CC1CCN(Cc2ccccc2)C(CN)C1.Cl. The largest absolute Gasteiger partial charge is 0.329 e. The molecular weight excluding hydrogens is 232 g/mol. The zero-order valence-corrected chi connectivity index (χ0v) is 11.3. The van der Waals surface area contributed by atoms with Gasteiger partial charge in [-0.25, -0.2) is 0 Å². The summed E-state index contributed by atoms with van der Waals surface area (Å²) in [6.45, 7) is 5.37. The quantitative estimate of drug-likeness (QED) is 0.899. The standard InChI is InChI=1S/C14H22N2.ClH/c1-12-7-8-16(14(9-12)10-15)11-13-5-3-2-4-6-13;/h2-6,12,14H,7-11,15H2,1H3;1H. The number of benzene rings is 1. The van der Waals surface area contributed by atoms with Crippen LogP contribution in [0.4, 0.5) is 0 Å². The Kier molecular flexibility index (Phi) is 5.96. The number of nitrogens with zero attached hydrogens (tertiary/aromatic N) is 1. The van der Waals surface area contributed by atoms with E-state index in [1.165, 1.54) is 24.9 Å². The molecule has 1 aromatic rings. The van der Waals surface area contributed by atoms with Crippen LogP contribution in [-0.4, -0.2) is 24.0 Å². The van der Waals surface area contributed by atoms with E-state index in [1.807, 2.05) is 0 Å². The third-order valence-electron chi connectivity index (χ3n) is 3.60. The van der Waals surface area contributed by atoms with Gasteiger partial charge in [-0.1, -0.05) is 37.3 Å². The highest BCUT2D eigenvalue weighted by Gasteiger charge is 2.24. The van der Waals surface area contributed by atoms with Gasteiger partial charge in [-0.2, -0.15) is 0 Å². The fourth-order valence-electron chi connectivity index (χ4n) is 2.57. The van der Waals surface area contributed by atoms with Gasteiger partial charge >= 0.3 is 0 Å². The molecule has 1 fully saturated rings. The number of piperidine rings is 1. The van der Waals surface area contributed by atoms with E-state index in [0.717, 1.165) is 19.0 Å². The second kappa shape index (κ2) is 7.00. The summed E-state index contributed by atoms with van der Waals surface area (Å²) in [5, 5.41) is 0. The highest BCUT2D eigenvalue weighted by molar-refractivity contribution is 5.85. The van der Waals surface area contributed by atoms with Crippen LogP contribution in [0.2, 0.25) is 0 Å². The molecule has 2 rings (SSSR count). The fraction of sp³-hybridized carbons (Fsp3) is 0.571. The van der Waals surface area contributed by atoms with Crippen molar-refractivity contribution >= 4 is 12.4 Å². The third-order valence-corrected chi connectivity index (χ3v) is 3.60. The molecule has 0 amide bonds. The van der Waals surface area contributed by atoms with Crippen LogP contribution < -0.4 is 5.73 Å². The minimum Gasteiger partial charge on any atom is -0.329 e. The Bertz CT molecular complexity index is 315. The maximum atomic E-state index is 5.87. The van der Waals surface area contributed by atoms with Crippen molar-refractivity contribution in [2.75, 3.05) is 13.1 Å². The van der Waals surface area contributed by atoms with Gasteiger partial charge in [0, 0.05) is 19.1 Å². The molecule has 1 saturated heterocycles. The lowest BCUT2D eigenvalue weighted by molar-refractivity contribution is 0.115. The average molecular weight is 255 g/mol. The summed E-state index contributed by atoms with van der Waals surface area (Å²) >= 11 is 0. The van der Waals surface area contributed by atoms with Crippen molar-refractivity contribution < 1.29 is 0 Å². The van der Waals surface area contributed by atoms with Gasteiger partial charge in [0.2, 0.25) is 0 Å². The maximum absolute atomic E-state index is 5.87. The van der Waals surface area contributed by atoms with Crippen LogP contribution in [0.5, 0.6) is 0 Å². The van der Waals surface area contributed by atoms with Crippen LogP contribution in [0.3, 0.4) is 0 Å². The van der Waals surface area contributed by atoms with E-state index in [9.17, 15) is 0 Å². The number of likely N-dealkylation sites (tertiary alicyclic amines) is 1. The second-order valence-electron chi connectivity index (χ2n) is 4.98. The summed E-state index contributed by atoms with van der Waals surface area (Å²) in [6.07, 6.45) is 2.56. The molecule has 1 aliphatic heterocycles.